The average Bonchev–Trinajstić information content (AvgIpc) is 3.22. The van der Waals surface area contributed by atoms with Crippen LogP contribution in [0, 0.1) is 6.92 Å². The van der Waals surface area contributed by atoms with Crippen LogP contribution in [-0.2, 0) is 6.54 Å². The Labute approximate surface area is 115 Å². The Kier molecular flexibility index (Phi) is 3.71. The Bertz CT molecular complexity index is 434. The van der Waals surface area contributed by atoms with Crippen molar-refractivity contribution in [1.29, 1.82) is 0 Å². The van der Waals surface area contributed by atoms with Gasteiger partial charge >= 0.3 is 0 Å². The normalized spacial score (nSPS) is 20.8. The van der Waals surface area contributed by atoms with E-state index in [0.29, 0.717) is 0 Å². The van der Waals surface area contributed by atoms with Gasteiger partial charge in [0, 0.05) is 61.9 Å². The van der Waals surface area contributed by atoms with Gasteiger partial charge in [-0.05, 0) is 32.9 Å². The number of nitrogens with zero attached hydrogens (tertiary/aromatic N) is 3. The molecule has 0 unspecified atom stereocenters. The van der Waals surface area contributed by atoms with Crippen molar-refractivity contribution in [3.8, 4) is 0 Å². The second-order valence-electron chi connectivity index (χ2n) is 5.90. The van der Waals surface area contributed by atoms with E-state index in [-0.39, 0.29) is 0 Å². The van der Waals surface area contributed by atoms with Crippen molar-refractivity contribution in [2.75, 3.05) is 38.1 Å². The molecule has 1 aromatic heterocycles. The van der Waals surface area contributed by atoms with Gasteiger partial charge in [-0.25, -0.2) is 0 Å². The maximum absolute atomic E-state index is 4.47. The number of piperazine rings is 1. The predicted octanol–water partition coefficient (Wildman–Crippen LogP) is 1.39. The van der Waals surface area contributed by atoms with Gasteiger partial charge in [0.05, 0.1) is 0 Å². The minimum absolute atomic E-state index is 0.752. The van der Waals surface area contributed by atoms with Gasteiger partial charge in [-0.15, -0.1) is 0 Å². The molecule has 0 amide bonds. The van der Waals surface area contributed by atoms with E-state index in [1.165, 1.54) is 24.1 Å². The summed E-state index contributed by atoms with van der Waals surface area (Å²) in [7, 11) is 2.20. The molecule has 1 N–H and O–H groups in total. The molecule has 0 atom stereocenters. The molecule has 2 heterocycles. The van der Waals surface area contributed by atoms with Gasteiger partial charge in [0.1, 0.15) is 0 Å². The average molecular weight is 260 g/mol. The lowest BCUT2D eigenvalue weighted by Crippen LogP contribution is -2.45. The zero-order chi connectivity index (χ0) is 13.2. The molecule has 104 valence electrons. The lowest BCUT2D eigenvalue weighted by Gasteiger charge is -2.35. The molecule has 0 spiro atoms. The van der Waals surface area contributed by atoms with Crippen LogP contribution < -0.4 is 10.2 Å². The highest BCUT2D eigenvalue weighted by Crippen LogP contribution is 2.24. The highest BCUT2D eigenvalue weighted by molar-refractivity contribution is 5.54. The Morgan fingerprint density at radius 3 is 2.68 bits per heavy atom. The van der Waals surface area contributed by atoms with Gasteiger partial charge in [0.25, 0.3) is 0 Å². The molecule has 19 heavy (non-hydrogen) atoms. The SMILES string of the molecule is Cc1cc(N2CCN(C)CC2)c(CNC2CC2)cn1. The lowest BCUT2D eigenvalue weighted by molar-refractivity contribution is 0.312. The summed E-state index contributed by atoms with van der Waals surface area (Å²) in [6.45, 7) is 7.58. The molecule has 1 saturated carbocycles. The molecule has 2 fully saturated rings. The maximum atomic E-state index is 4.47. The third-order valence-corrected chi connectivity index (χ3v) is 4.10. The number of aryl methyl sites for hydroxylation is 1. The van der Waals surface area contributed by atoms with Gasteiger partial charge in [0.15, 0.2) is 0 Å². The highest BCUT2D eigenvalue weighted by atomic mass is 15.2. The maximum Gasteiger partial charge on any atom is 0.0446 e. The van der Waals surface area contributed by atoms with Crippen molar-refractivity contribution in [1.82, 2.24) is 15.2 Å². The van der Waals surface area contributed by atoms with E-state index < -0.39 is 0 Å². The van der Waals surface area contributed by atoms with Crippen LogP contribution in [0.4, 0.5) is 5.69 Å². The van der Waals surface area contributed by atoms with E-state index in [1.54, 1.807) is 0 Å². The molecule has 2 aliphatic rings. The van der Waals surface area contributed by atoms with Crippen molar-refractivity contribution >= 4 is 5.69 Å². The molecule has 0 aromatic carbocycles. The Morgan fingerprint density at radius 2 is 2.00 bits per heavy atom. The summed E-state index contributed by atoms with van der Waals surface area (Å²) in [5.41, 5.74) is 3.85. The smallest absolute Gasteiger partial charge is 0.0446 e. The molecular weight excluding hydrogens is 236 g/mol. The van der Waals surface area contributed by atoms with Crippen LogP contribution in [0.1, 0.15) is 24.1 Å². The van der Waals surface area contributed by atoms with Crippen molar-refractivity contribution in [2.24, 2.45) is 0 Å². The van der Waals surface area contributed by atoms with Crippen molar-refractivity contribution < 1.29 is 0 Å². The number of nitrogens with one attached hydrogen (secondary N) is 1. The van der Waals surface area contributed by atoms with Crippen LogP contribution in [0.15, 0.2) is 12.3 Å². The van der Waals surface area contributed by atoms with E-state index in [9.17, 15) is 0 Å². The summed E-state index contributed by atoms with van der Waals surface area (Å²) in [6, 6.07) is 3.00. The van der Waals surface area contributed by atoms with Crippen LogP contribution >= 0.6 is 0 Å². The van der Waals surface area contributed by atoms with Gasteiger partial charge in [-0.2, -0.15) is 0 Å². The second-order valence-corrected chi connectivity index (χ2v) is 5.90. The highest BCUT2D eigenvalue weighted by Gasteiger charge is 2.22. The third kappa shape index (κ3) is 3.25. The van der Waals surface area contributed by atoms with Crippen molar-refractivity contribution in [2.45, 2.75) is 32.4 Å². The minimum atomic E-state index is 0.752. The first-order valence-corrected chi connectivity index (χ1v) is 7.35. The van der Waals surface area contributed by atoms with Crippen molar-refractivity contribution in [3.63, 3.8) is 0 Å². The number of hydrogen-bond donors (Lipinski definition) is 1. The van der Waals surface area contributed by atoms with E-state index >= 15 is 0 Å². The lowest BCUT2D eigenvalue weighted by atomic mass is 10.1. The molecular formula is C15H24N4. The molecule has 0 radical (unpaired) electrons. The molecule has 0 bridgehead atoms. The number of rotatable bonds is 4. The number of pyridine rings is 1. The zero-order valence-corrected chi connectivity index (χ0v) is 12.0. The van der Waals surface area contributed by atoms with E-state index in [1.807, 2.05) is 0 Å². The molecule has 4 heteroatoms. The molecule has 1 aliphatic heterocycles. The van der Waals surface area contributed by atoms with Crippen LogP contribution in [0.25, 0.3) is 0 Å². The summed E-state index contributed by atoms with van der Waals surface area (Å²) < 4.78 is 0. The standard InChI is InChI=1S/C15H24N4/c1-12-9-15(19-7-5-18(2)6-8-19)13(10-16-12)11-17-14-3-4-14/h9-10,14,17H,3-8,11H2,1-2H3. The number of hydrogen-bond acceptors (Lipinski definition) is 4. The fourth-order valence-corrected chi connectivity index (χ4v) is 2.59. The minimum Gasteiger partial charge on any atom is -0.369 e. The van der Waals surface area contributed by atoms with Gasteiger partial charge in [-0.1, -0.05) is 0 Å². The summed E-state index contributed by atoms with van der Waals surface area (Å²) in [6.07, 6.45) is 4.73. The molecule has 1 aliphatic carbocycles. The first kappa shape index (κ1) is 12.9. The van der Waals surface area contributed by atoms with Gasteiger partial charge < -0.3 is 15.1 Å². The Hall–Kier alpha value is -1.13. The first-order valence-electron chi connectivity index (χ1n) is 7.35. The van der Waals surface area contributed by atoms with Crippen LogP contribution in [0.2, 0.25) is 0 Å². The zero-order valence-electron chi connectivity index (χ0n) is 12.0. The van der Waals surface area contributed by atoms with Crippen LogP contribution in [0.5, 0.6) is 0 Å². The largest absolute Gasteiger partial charge is 0.369 e. The Morgan fingerprint density at radius 1 is 1.26 bits per heavy atom. The summed E-state index contributed by atoms with van der Waals surface area (Å²) in [5, 5.41) is 3.60. The number of likely N-dealkylation sites (N-methyl/N-ethyl adjacent to an activating group) is 1. The number of aromatic nitrogens is 1. The van der Waals surface area contributed by atoms with E-state index in [4.69, 9.17) is 0 Å². The molecule has 3 rings (SSSR count). The van der Waals surface area contributed by atoms with E-state index in [0.717, 1.165) is 44.5 Å². The van der Waals surface area contributed by atoms with Crippen molar-refractivity contribution in [3.05, 3.63) is 23.5 Å². The Balaban J connectivity index is 1.74. The monoisotopic (exact) mass is 260 g/mol. The van der Waals surface area contributed by atoms with Crippen LogP contribution in [-0.4, -0.2) is 49.2 Å². The molecule has 1 aromatic rings. The molecule has 1 saturated heterocycles. The summed E-state index contributed by atoms with van der Waals surface area (Å²) >= 11 is 0. The quantitative estimate of drug-likeness (QED) is 0.886. The fraction of sp³-hybridized carbons (Fsp3) is 0.667. The molecule has 4 nitrogen and oxygen atoms in total. The number of anilines is 1. The van der Waals surface area contributed by atoms with Gasteiger partial charge in [-0.3, -0.25) is 4.98 Å². The topological polar surface area (TPSA) is 31.4 Å². The summed E-state index contributed by atoms with van der Waals surface area (Å²) in [5.74, 6) is 0. The first-order chi connectivity index (χ1) is 9.22. The predicted molar refractivity (Wildman–Crippen MR) is 78.5 cm³/mol. The third-order valence-electron chi connectivity index (χ3n) is 4.10. The summed E-state index contributed by atoms with van der Waals surface area (Å²) in [4.78, 5) is 9.38. The van der Waals surface area contributed by atoms with Crippen LogP contribution in [0.3, 0.4) is 0 Å². The van der Waals surface area contributed by atoms with E-state index in [2.05, 4.69) is 46.3 Å². The second kappa shape index (κ2) is 5.47. The fourth-order valence-electron chi connectivity index (χ4n) is 2.59. The van der Waals surface area contributed by atoms with Gasteiger partial charge in [0.2, 0.25) is 0 Å².